The van der Waals surface area contributed by atoms with Crippen LogP contribution in [0.15, 0.2) is 36.4 Å². The molecule has 2 unspecified atom stereocenters. The van der Waals surface area contributed by atoms with E-state index in [1.54, 1.807) is 17.9 Å². The van der Waals surface area contributed by atoms with Crippen molar-refractivity contribution in [3.05, 3.63) is 42.0 Å². The predicted molar refractivity (Wildman–Crippen MR) is 72.4 cm³/mol. The highest BCUT2D eigenvalue weighted by Crippen LogP contribution is 2.24. The van der Waals surface area contributed by atoms with Gasteiger partial charge >= 0.3 is 5.97 Å². The summed E-state index contributed by atoms with van der Waals surface area (Å²) in [6, 6.07) is 9.31. The third-order valence-corrected chi connectivity index (χ3v) is 3.57. The van der Waals surface area contributed by atoms with Crippen LogP contribution in [-0.2, 0) is 9.59 Å². The molecule has 0 bridgehead atoms. The van der Waals surface area contributed by atoms with E-state index in [0.717, 1.165) is 5.56 Å². The minimum atomic E-state index is -0.824. The number of hydrogen-bond acceptors (Lipinski definition) is 2. The zero-order valence-corrected chi connectivity index (χ0v) is 10.8. The Labute approximate surface area is 112 Å². The van der Waals surface area contributed by atoms with Gasteiger partial charge in [-0.05, 0) is 25.0 Å². The Kier molecular flexibility index (Phi) is 4.00. The summed E-state index contributed by atoms with van der Waals surface area (Å²) in [5.41, 5.74) is 0.956. The lowest BCUT2D eigenvalue weighted by Crippen LogP contribution is -2.36. The molecule has 1 fully saturated rings. The molecule has 0 radical (unpaired) electrons. The molecule has 1 aliphatic rings. The first kappa shape index (κ1) is 13.3. The topological polar surface area (TPSA) is 57.6 Å². The van der Waals surface area contributed by atoms with Gasteiger partial charge in [-0.25, -0.2) is 0 Å². The number of carboxylic acids is 1. The van der Waals surface area contributed by atoms with E-state index in [9.17, 15) is 9.59 Å². The summed E-state index contributed by atoms with van der Waals surface area (Å²) < 4.78 is 0. The van der Waals surface area contributed by atoms with Crippen molar-refractivity contribution in [2.45, 2.75) is 19.4 Å². The average Bonchev–Trinajstić information content (AvgIpc) is 2.79. The largest absolute Gasteiger partial charge is 0.481 e. The Hall–Kier alpha value is -2.10. The lowest BCUT2D eigenvalue weighted by atomic mass is 10.0. The molecular weight excluding hydrogens is 242 g/mol. The van der Waals surface area contributed by atoms with Crippen molar-refractivity contribution in [3.63, 3.8) is 0 Å². The van der Waals surface area contributed by atoms with Gasteiger partial charge in [-0.1, -0.05) is 30.3 Å². The Morgan fingerprint density at radius 2 is 2.00 bits per heavy atom. The normalized spacial score (nSPS) is 22.9. The molecule has 1 aliphatic heterocycles. The smallest absolute Gasteiger partial charge is 0.308 e. The van der Waals surface area contributed by atoms with E-state index >= 15 is 0 Å². The molecule has 2 rings (SSSR count). The van der Waals surface area contributed by atoms with Crippen LogP contribution in [0.2, 0.25) is 0 Å². The molecule has 4 heteroatoms. The second-order valence-corrected chi connectivity index (χ2v) is 4.75. The molecule has 4 nitrogen and oxygen atoms in total. The number of likely N-dealkylation sites (tertiary alicyclic amines) is 1. The number of aliphatic carboxylic acids is 1. The lowest BCUT2D eigenvalue weighted by molar-refractivity contribution is -0.142. The number of carboxylic acid groups (broad SMARTS) is 1. The van der Waals surface area contributed by atoms with Crippen molar-refractivity contribution in [3.8, 4) is 0 Å². The highest BCUT2D eigenvalue weighted by molar-refractivity contribution is 5.92. The van der Waals surface area contributed by atoms with Crippen LogP contribution in [0.3, 0.4) is 0 Å². The van der Waals surface area contributed by atoms with E-state index in [1.165, 1.54) is 6.08 Å². The van der Waals surface area contributed by atoms with E-state index < -0.39 is 11.9 Å². The van der Waals surface area contributed by atoms with Gasteiger partial charge in [0.1, 0.15) is 0 Å². The SMILES string of the molecule is CC1C(C(=O)O)CCN1C(=O)C=Cc1ccccc1. The van der Waals surface area contributed by atoms with Gasteiger partial charge in [0.05, 0.1) is 5.92 Å². The van der Waals surface area contributed by atoms with Crippen LogP contribution in [-0.4, -0.2) is 34.5 Å². The van der Waals surface area contributed by atoms with E-state index in [4.69, 9.17) is 5.11 Å². The number of nitrogens with zero attached hydrogens (tertiary/aromatic N) is 1. The van der Waals surface area contributed by atoms with Crippen molar-refractivity contribution in [2.24, 2.45) is 5.92 Å². The average molecular weight is 259 g/mol. The van der Waals surface area contributed by atoms with E-state index in [-0.39, 0.29) is 11.9 Å². The molecule has 19 heavy (non-hydrogen) atoms. The maximum absolute atomic E-state index is 12.0. The number of hydrogen-bond donors (Lipinski definition) is 1. The zero-order chi connectivity index (χ0) is 13.8. The Morgan fingerprint density at radius 3 is 2.58 bits per heavy atom. The molecule has 0 spiro atoms. The van der Waals surface area contributed by atoms with Crippen LogP contribution in [0.1, 0.15) is 18.9 Å². The maximum Gasteiger partial charge on any atom is 0.308 e. The van der Waals surface area contributed by atoms with Gasteiger partial charge in [-0.3, -0.25) is 9.59 Å². The van der Waals surface area contributed by atoms with Crippen molar-refractivity contribution in [2.75, 3.05) is 6.54 Å². The van der Waals surface area contributed by atoms with Crippen LogP contribution in [0.25, 0.3) is 6.08 Å². The zero-order valence-electron chi connectivity index (χ0n) is 10.8. The standard InChI is InChI=1S/C15H17NO3/c1-11-13(15(18)19)9-10-16(11)14(17)8-7-12-5-3-2-4-6-12/h2-8,11,13H,9-10H2,1H3,(H,18,19). The number of amides is 1. The second-order valence-electron chi connectivity index (χ2n) is 4.75. The molecule has 1 heterocycles. The summed E-state index contributed by atoms with van der Waals surface area (Å²) in [4.78, 5) is 24.7. The second kappa shape index (κ2) is 5.69. The first-order valence-corrected chi connectivity index (χ1v) is 6.36. The molecule has 1 aromatic rings. The molecule has 1 saturated heterocycles. The first-order valence-electron chi connectivity index (χ1n) is 6.36. The van der Waals surface area contributed by atoms with Gasteiger partial charge in [0.15, 0.2) is 0 Å². The van der Waals surface area contributed by atoms with Crippen LogP contribution in [0.5, 0.6) is 0 Å². The third-order valence-electron chi connectivity index (χ3n) is 3.57. The van der Waals surface area contributed by atoms with Crippen LogP contribution in [0, 0.1) is 5.92 Å². The summed E-state index contributed by atoms with van der Waals surface area (Å²) in [6.07, 6.45) is 3.79. The molecule has 1 N–H and O–H groups in total. The molecule has 0 saturated carbocycles. The van der Waals surface area contributed by atoms with Crippen molar-refractivity contribution in [1.29, 1.82) is 0 Å². The van der Waals surface area contributed by atoms with E-state index in [1.807, 2.05) is 30.3 Å². The number of rotatable bonds is 3. The first-order chi connectivity index (χ1) is 9.09. The van der Waals surface area contributed by atoms with Crippen LogP contribution in [0.4, 0.5) is 0 Å². The predicted octanol–water partition coefficient (Wildman–Crippen LogP) is 2.02. The molecule has 1 aromatic carbocycles. The fourth-order valence-electron chi connectivity index (χ4n) is 2.41. The molecule has 0 aliphatic carbocycles. The van der Waals surface area contributed by atoms with Gasteiger partial charge in [0, 0.05) is 18.7 Å². The number of carbonyl (C=O) groups excluding carboxylic acids is 1. The summed E-state index contributed by atoms with van der Waals surface area (Å²) >= 11 is 0. The molecular formula is C15H17NO3. The monoisotopic (exact) mass is 259 g/mol. The van der Waals surface area contributed by atoms with Crippen LogP contribution >= 0.6 is 0 Å². The van der Waals surface area contributed by atoms with Crippen molar-refractivity contribution < 1.29 is 14.7 Å². The van der Waals surface area contributed by atoms with Crippen molar-refractivity contribution in [1.82, 2.24) is 4.90 Å². The van der Waals surface area contributed by atoms with Gasteiger partial charge in [-0.2, -0.15) is 0 Å². The molecule has 2 atom stereocenters. The van der Waals surface area contributed by atoms with Crippen molar-refractivity contribution >= 4 is 18.0 Å². The van der Waals surface area contributed by atoms with E-state index in [2.05, 4.69) is 0 Å². The maximum atomic E-state index is 12.0. The summed E-state index contributed by atoms with van der Waals surface area (Å²) in [7, 11) is 0. The number of carbonyl (C=O) groups is 2. The van der Waals surface area contributed by atoms with E-state index in [0.29, 0.717) is 13.0 Å². The minimum Gasteiger partial charge on any atom is -0.481 e. The van der Waals surface area contributed by atoms with Gasteiger partial charge < -0.3 is 10.0 Å². The fraction of sp³-hybridized carbons (Fsp3) is 0.333. The van der Waals surface area contributed by atoms with Gasteiger partial charge in [0.2, 0.25) is 5.91 Å². The number of benzene rings is 1. The Bertz CT molecular complexity index is 495. The Morgan fingerprint density at radius 1 is 1.32 bits per heavy atom. The fourth-order valence-corrected chi connectivity index (χ4v) is 2.41. The quantitative estimate of drug-likeness (QED) is 0.845. The summed E-state index contributed by atoms with van der Waals surface area (Å²) in [5, 5.41) is 9.04. The molecule has 1 amide bonds. The minimum absolute atomic E-state index is 0.125. The van der Waals surface area contributed by atoms with Gasteiger partial charge in [0.25, 0.3) is 0 Å². The molecule has 0 aromatic heterocycles. The summed E-state index contributed by atoms with van der Waals surface area (Å²) in [6.45, 7) is 2.30. The molecule has 100 valence electrons. The Balaban J connectivity index is 2.02. The van der Waals surface area contributed by atoms with Crippen LogP contribution < -0.4 is 0 Å². The highest BCUT2D eigenvalue weighted by atomic mass is 16.4. The third kappa shape index (κ3) is 3.02. The summed E-state index contributed by atoms with van der Waals surface area (Å²) in [5.74, 6) is -1.40. The lowest BCUT2D eigenvalue weighted by Gasteiger charge is -2.21. The highest BCUT2D eigenvalue weighted by Gasteiger charge is 2.37. The van der Waals surface area contributed by atoms with Gasteiger partial charge in [-0.15, -0.1) is 0 Å².